The van der Waals surface area contributed by atoms with Crippen LogP contribution in [0.3, 0.4) is 0 Å². The van der Waals surface area contributed by atoms with Crippen LogP contribution in [0, 0.1) is 0 Å². The molecule has 116 valence electrons. The molecule has 0 spiro atoms. The number of rotatable bonds is 4. The summed E-state index contributed by atoms with van der Waals surface area (Å²) in [5.41, 5.74) is 0.821. The first-order valence-corrected chi connectivity index (χ1v) is 8.66. The second-order valence-electron chi connectivity index (χ2n) is 5.35. The van der Waals surface area contributed by atoms with Gasteiger partial charge in [-0.2, -0.15) is 0 Å². The third-order valence-electron chi connectivity index (χ3n) is 3.65. The van der Waals surface area contributed by atoms with E-state index in [1.807, 2.05) is 0 Å². The summed E-state index contributed by atoms with van der Waals surface area (Å²) in [7, 11) is -3.67. The molecule has 1 saturated carbocycles. The number of primary sulfonamides is 1. The molecule has 6 nitrogen and oxygen atoms in total. The standard InChI is InChI=1S/C14H21N3O3S/c15-21(19,20)13-8-6-11(7-9-13)10-16-14(18)17-12-4-2-1-3-5-12/h6-9,12H,1-5,10H2,(H2,15,19,20)(H2,16,17,18). The molecule has 0 heterocycles. The van der Waals surface area contributed by atoms with Gasteiger partial charge in [0.05, 0.1) is 4.90 Å². The van der Waals surface area contributed by atoms with Crippen molar-refractivity contribution in [2.45, 2.75) is 49.6 Å². The summed E-state index contributed by atoms with van der Waals surface area (Å²) in [6.07, 6.45) is 5.66. The van der Waals surface area contributed by atoms with Crippen molar-refractivity contribution < 1.29 is 13.2 Å². The van der Waals surface area contributed by atoms with Gasteiger partial charge in [0.1, 0.15) is 0 Å². The molecule has 2 amide bonds. The lowest BCUT2D eigenvalue weighted by molar-refractivity contribution is 0.232. The summed E-state index contributed by atoms with van der Waals surface area (Å²) in [6, 6.07) is 6.24. The third kappa shape index (κ3) is 5.02. The number of benzene rings is 1. The van der Waals surface area contributed by atoms with E-state index in [-0.39, 0.29) is 17.0 Å². The average molecular weight is 311 g/mol. The summed E-state index contributed by atoms with van der Waals surface area (Å²) in [4.78, 5) is 11.8. The van der Waals surface area contributed by atoms with Crippen molar-refractivity contribution in [3.63, 3.8) is 0 Å². The summed E-state index contributed by atoms with van der Waals surface area (Å²) in [5, 5.41) is 10.8. The van der Waals surface area contributed by atoms with E-state index in [1.165, 1.54) is 31.4 Å². The van der Waals surface area contributed by atoms with Crippen LogP contribution in [0.5, 0.6) is 0 Å². The average Bonchev–Trinajstić information content (AvgIpc) is 2.46. The van der Waals surface area contributed by atoms with Crippen LogP contribution in [0.25, 0.3) is 0 Å². The zero-order chi connectivity index (χ0) is 15.3. The zero-order valence-corrected chi connectivity index (χ0v) is 12.7. The van der Waals surface area contributed by atoms with Crippen molar-refractivity contribution in [1.29, 1.82) is 0 Å². The lowest BCUT2D eigenvalue weighted by atomic mass is 9.96. The highest BCUT2D eigenvalue weighted by Gasteiger charge is 2.15. The quantitative estimate of drug-likeness (QED) is 0.784. The highest BCUT2D eigenvalue weighted by atomic mass is 32.2. The molecular weight excluding hydrogens is 290 g/mol. The summed E-state index contributed by atoms with van der Waals surface area (Å²) >= 11 is 0. The van der Waals surface area contributed by atoms with Crippen molar-refractivity contribution in [3.8, 4) is 0 Å². The highest BCUT2D eigenvalue weighted by Crippen LogP contribution is 2.17. The van der Waals surface area contributed by atoms with Gasteiger partial charge in [-0.05, 0) is 30.5 Å². The molecule has 0 unspecified atom stereocenters. The Labute approximate surface area is 125 Å². The van der Waals surface area contributed by atoms with Gasteiger partial charge in [0.25, 0.3) is 0 Å². The number of carbonyl (C=O) groups excluding carboxylic acids is 1. The van der Waals surface area contributed by atoms with Gasteiger partial charge in [-0.1, -0.05) is 31.4 Å². The van der Waals surface area contributed by atoms with Gasteiger partial charge in [0.2, 0.25) is 10.0 Å². The second-order valence-corrected chi connectivity index (χ2v) is 6.91. The Hall–Kier alpha value is -1.60. The molecular formula is C14H21N3O3S. The molecule has 1 aromatic rings. The Morgan fingerprint density at radius 1 is 1.14 bits per heavy atom. The monoisotopic (exact) mass is 311 g/mol. The van der Waals surface area contributed by atoms with E-state index in [1.54, 1.807) is 12.1 Å². The molecule has 0 aliphatic heterocycles. The van der Waals surface area contributed by atoms with Gasteiger partial charge < -0.3 is 10.6 Å². The Bertz CT molecular complexity index is 578. The van der Waals surface area contributed by atoms with E-state index >= 15 is 0 Å². The molecule has 4 N–H and O–H groups in total. The minimum Gasteiger partial charge on any atom is -0.335 e. The van der Waals surface area contributed by atoms with E-state index in [0.29, 0.717) is 6.54 Å². The van der Waals surface area contributed by atoms with Crippen molar-refractivity contribution >= 4 is 16.1 Å². The second kappa shape index (κ2) is 6.91. The van der Waals surface area contributed by atoms with E-state index in [4.69, 9.17) is 5.14 Å². The smallest absolute Gasteiger partial charge is 0.315 e. The van der Waals surface area contributed by atoms with Crippen LogP contribution in [0.15, 0.2) is 29.2 Å². The maximum absolute atomic E-state index is 11.8. The van der Waals surface area contributed by atoms with Crippen LogP contribution < -0.4 is 15.8 Å². The van der Waals surface area contributed by atoms with Crippen LogP contribution >= 0.6 is 0 Å². The number of hydrogen-bond acceptors (Lipinski definition) is 3. The fourth-order valence-electron chi connectivity index (χ4n) is 2.46. The van der Waals surface area contributed by atoms with Crippen LogP contribution in [-0.2, 0) is 16.6 Å². The number of nitrogens with one attached hydrogen (secondary N) is 2. The summed E-state index contributed by atoms with van der Waals surface area (Å²) in [6.45, 7) is 0.351. The molecule has 0 aromatic heterocycles. The van der Waals surface area contributed by atoms with Gasteiger partial charge in [-0.15, -0.1) is 0 Å². The SMILES string of the molecule is NS(=O)(=O)c1ccc(CNC(=O)NC2CCCCC2)cc1. The fraction of sp³-hybridized carbons (Fsp3) is 0.500. The van der Waals surface area contributed by atoms with Crippen LogP contribution in [-0.4, -0.2) is 20.5 Å². The Kier molecular flexibility index (Phi) is 5.19. The number of urea groups is 1. The number of amides is 2. The molecule has 1 aliphatic rings. The third-order valence-corrected chi connectivity index (χ3v) is 4.57. The van der Waals surface area contributed by atoms with E-state index in [0.717, 1.165) is 18.4 Å². The van der Waals surface area contributed by atoms with Gasteiger partial charge >= 0.3 is 6.03 Å². The van der Waals surface area contributed by atoms with Crippen LogP contribution in [0.1, 0.15) is 37.7 Å². The van der Waals surface area contributed by atoms with Crippen LogP contribution in [0.2, 0.25) is 0 Å². The molecule has 0 atom stereocenters. The van der Waals surface area contributed by atoms with Crippen LogP contribution in [0.4, 0.5) is 4.79 Å². The van der Waals surface area contributed by atoms with E-state index in [9.17, 15) is 13.2 Å². The molecule has 1 aliphatic carbocycles. The number of hydrogen-bond donors (Lipinski definition) is 3. The fourth-order valence-corrected chi connectivity index (χ4v) is 2.98. The minimum atomic E-state index is -3.67. The summed E-state index contributed by atoms with van der Waals surface area (Å²) < 4.78 is 22.3. The largest absolute Gasteiger partial charge is 0.335 e. The predicted octanol–water partition coefficient (Wildman–Crippen LogP) is 1.47. The summed E-state index contributed by atoms with van der Waals surface area (Å²) in [5.74, 6) is 0. The number of carbonyl (C=O) groups is 1. The molecule has 1 fully saturated rings. The Morgan fingerprint density at radius 3 is 2.33 bits per heavy atom. The maximum Gasteiger partial charge on any atom is 0.315 e. The van der Waals surface area contributed by atoms with Gasteiger partial charge in [0.15, 0.2) is 0 Å². The highest BCUT2D eigenvalue weighted by molar-refractivity contribution is 7.89. The molecule has 21 heavy (non-hydrogen) atoms. The lowest BCUT2D eigenvalue weighted by Gasteiger charge is -2.22. The predicted molar refractivity (Wildman–Crippen MR) is 80.1 cm³/mol. The minimum absolute atomic E-state index is 0.0675. The number of sulfonamides is 1. The van der Waals surface area contributed by atoms with Gasteiger partial charge in [-0.25, -0.2) is 18.4 Å². The first-order chi connectivity index (χ1) is 9.95. The first-order valence-electron chi connectivity index (χ1n) is 7.11. The number of nitrogens with two attached hydrogens (primary N) is 1. The Morgan fingerprint density at radius 2 is 1.76 bits per heavy atom. The molecule has 7 heteroatoms. The first kappa shape index (κ1) is 15.8. The molecule has 2 rings (SSSR count). The normalized spacial score (nSPS) is 16.4. The Balaban J connectivity index is 1.81. The van der Waals surface area contributed by atoms with E-state index < -0.39 is 10.0 Å². The van der Waals surface area contributed by atoms with Crippen molar-refractivity contribution in [1.82, 2.24) is 10.6 Å². The van der Waals surface area contributed by atoms with Crippen molar-refractivity contribution in [2.24, 2.45) is 5.14 Å². The molecule has 1 aromatic carbocycles. The van der Waals surface area contributed by atoms with Gasteiger partial charge in [0, 0.05) is 12.6 Å². The lowest BCUT2D eigenvalue weighted by Crippen LogP contribution is -2.42. The topological polar surface area (TPSA) is 101 Å². The zero-order valence-electron chi connectivity index (χ0n) is 11.8. The van der Waals surface area contributed by atoms with Crippen molar-refractivity contribution in [3.05, 3.63) is 29.8 Å². The van der Waals surface area contributed by atoms with Gasteiger partial charge in [-0.3, -0.25) is 0 Å². The molecule has 0 saturated heterocycles. The molecule has 0 bridgehead atoms. The molecule has 0 radical (unpaired) electrons. The van der Waals surface area contributed by atoms with Crippen molar-refractivity contribution in [2.75, 3.05) is 0 Å². The van der Waals surface area contributed by atoms with E-state index in [2.05, 4.69) is 10.6 Å². The maximum atomic E-state index is 11.8.